The Morgan fingerprint density at radius 1 is 1.28 bits per heavy atom. The van der Waals surface area contributed by atoms with Crippen molar-refractivity contribution in [1.29, 1.82) is 0 Å². The molecule has 1 saturated heterocycles. The van der Waals surface area contributed by atoms with Gasteiger partial charge >= 0.3 is 6.36 Å². The highest BCUT2D eigenvalue weighted by molar-refractivity contribution is 6.33. The maximum absolute atomic E-state index is 12.8. The summed E-state index contributed by atoms with van der Waals surface area (Å²) in [6, 6.07) is 7.04. The quantitative estimate of drug-likeness (QED) is 0.544. The summed E-state index contributed by atoms with van der Waals surface area (Å²) in [4.78, 5) is 30.4. The van der Waals surface area contributed by atoms with Gasteiger partial charge in [-0.1, -0.05) is 18.5 Å². The number of piperidine rings is 1. The Hall–Kier alpha value is -2.81. The van der Waals surface area contributed by atoms with E-state index in [4.69, 9.17) is 11.6 Å². The summed E-state index contributed by atoms with van der Waals surface area (Å²) < 4.78 is 41.2. The molecule has 1 amide bonds. The van der Waals surface area contributed by atoms with Crippen LogP contribution < -0.4 is 15.0 Å². The number of ether oxygens (including phenoxy) is 1. The number of carbonyl (C=O) groups excluding carboxylic acids is 2. The van der Waals surface area contributed by atoms with Crippen molar-refractivity contribution in [3.8, 4) is 5.75 Å². The molecule has 172 valence electrons. The molecular formula is C22H23ClF3N3O3. The van der Waals surface area contributed by atoms with E-state index in [0.717, 1.165) is 18.9 Å². The minimum absolute atomic E-state index is 0.0558. The van der Waals surface area contributed by atoms with Crippen LogP contribution in [0.15, 0.2) is 36.5 Å². The van der Waals surface area contributed by atoms with E-state index in [2.05, 4.69) is 15.0 Å². The van der Waals surface area contributed by atoms with Gasteiger partial charge in [-0.15, -0.1) is 13.2 Å². The minimum atomic E-state index is -4.78. The number of ketones is 1. The molecule has 1 aliphatic heterocycles. The van der Waals surface area contributed by atoms with Gasteiger partial charge in [-0.3, -0.25) is 9.59 Å². The summed E-state index contributed by atoms with van der Waals surface area (Å²) in [6.45, 7) is 2.96. The van der Waals surface area contributed by atoms with Crippen molar-refractivity contribution < 1.29 is 27.5 Å². The highest BCUT2D eigenvalue weighted by Crippen LogP contribution is 2.35. The largest absolute Gasteiger partial charge is 0.573 e. The molecule has 1 N–H and O–H groups in total. The van der Waals surface area contributed by atoms with Crippen molar-refractivity contribution in [2.45, 2.75) is 39.0 Å². The lowest BCUT2D eigenvalue weighted by Crippen LogP contribution is -2.36. The van der Waals surface area contributed by atoms with Crippen LogP contribution in [-0.4, -0.2) is 36.1 Å². The van der Waals surface area contributed by atoms with E-state index in [1.807, 2.05) is 4.90 Å². The van der Waals surface area contributed by atoms with Crippen LogP contribution >= 0.6 is 11.6 Å². The molecule has 0 bridgehead atoms. The maximum Gasteiger partial charge on any atom is 0.573 e. The van der Waals surface area contributed by atoms with Crippen LogP contribution in [0.5, 0.6) is 5.75 Å². The number of hydrogen-bond donors (Lipinski definition) is 1. The molecule has 0 unspecified atom stereocenters. The van der Waals surface area contributed by atoms with Crippen molar-refractivity contribution in [1.82, 2.24) is 4.98 Å². The van der Waals surface area contributed by atoms with E-state index < -0.39 is 6.36 Å². The topological polar surface area (TPSA) is 71.5 Å². The third-order valence-corrected chi connectivity index (χ3v) is 5.46. The van der Waals surface area contributed by atoms with Crippen molar-refractivity contribution in [2.75, 3.05) is 23.3 Å². The second-order valence-electron chi connectivity index (χ2n) is 7.57. The Kier molecular flexibility index (Phi) is 7.60. The third-order valence-electron chi connectivity index (χ3n) is 5.16. The lowest BCUT2D eigenvalue weighted by molar-refractivity contribution is -0.274. The van der Waals surface area contributed by atoms with E-state index in [0.29, 0.717) is 43.0 Å². The zero-order chi connectivity index (χ0) is 23.3. The molecule has 0 saturated carbocycles. The molecule has 1 aromatic heterocycles. The number of nitrogens with one attached hydrogen (secondary N) is 1. The Bertz CT molecular complexity index is 984. The average molecular weight is 470 g/mol. The van der Waals surface area contributed by atoms with Crippen molar-refractivity contribution >= 4 is 34.8 Å². The number of hydrogen-bond acceptors (Lipinski definition) is 5. The number of halogens is 4. The van der Waals surface area contributed by atoms with Gasteiger partial charge in [-0.25, -0.2) is 4.98 Å². The number of alkyl halides is 3. The minimum Gasteiger partial charge on any atom is -0.406 e. The number of benzene rings is 1. The summed E-state index contributed by atoms with van der Waals surface area (Å²) in [5.74, 6) is -0.236. The number of carbonyl (C=O) groups is 2. The van der Waals surface area contributed by atoms with Crippen LogP contribution in [0, 0.1) is 5.92 Å². The van der Waals surface area contributed by atoms with Gasteiger partial charge in [-0.2, -0.15) is 0 Å². The van der Waals surface area contributed by atoms with Gasteiger partial charge in [0.05, 0.1) is 10.7 Å². The number of pyridine rings is 1. The van der Waals surface area contributed by atoms with E-state index >= 15 is 0 Å². The van der Waals surface area contributed by atoms with Crippen molar-refractivity contribution in [3.05, 3.63) is 47.1 Å². The molecule has 1 fully saturated rings. The first kappa shape index (κ1) is 23.8. The van der Waals surface area contributed by atoms with Gasteiger partial charge in [0.25, 0.3) is 0 Å². The summed E-state index contributed by atoms with van der Waals surface area (Å²) in [7, 11) is 0. The normalized spacial score (nSPS) is 16.5. The van der Waals surface area contributed by atoms with Gasteiger partial charge < -0.3 is 15.0 Å². The van der Waals surface area contributed by atoms with Crippen LogP contribution in [0.2, 0.25) is 5.02 Å². The Morgan fingerprint density at radius 3 is 2.75 bits per heavy atom. The number of aromatic nitrogens is 1. The highest BCUT2D eigenvalue weighted by Gasteiger charge is 2.31. The van der Waals surface area contributed by atoms with Gasteiger partial charge in [-0.05, 0) is 43.0 Å². The van der Waals surface area contributed by atoms with Gasteiger partial charge in [0, 0.05) is 43.8 Å². The first-order valence-electron chi connectivity index (χ1n) is 10.2. The van der Waals surface area contributed by atoms with E-state index in [-0.39, 0.29) is 28.4 Å². The lowest BCUT2D eigenvalue weighted by atomic mass is 9.91. The van der Waals surface area contributed by atoms with Gasteiger partial charge in [0.2, 0.25) is 5.91 Å². The molecule has 0 spiro atoms. The first-order chi connectivity index (χ1) is 15.1. The van der Waals surface area contributed by atoms with Crippen LogP contribution in [0.4, 0.5) is 24.7 Å². The fourth-order valence-electron chi connectivity index (χ4n) is 3.68. The summed E-state index contributed by atoms with van der Waals surface area (Å²) >= 11 is 6.21. The molecule has 0 aliphatic carbocycles. The SMILES string of the molecule is CCC(=O)Nc1cc(C(=O)C[C@@H]2CCCN(c3ccc(OC(F)(F)F)cc3Cl)C2)ccn1. The molecule has 1 atom stereocenters. The van der Waals surface area contributed by atoms with Crippen molar-refractivity contribution in [2.24, 2.45) is 5.92 Å². The van der Waals surface area contributed by atoms with Gasteiger partial charge in [0.15, 0.2) is 5.78 Å². The monoisotopic (exact) mass is 469 g/mol. The predicted octanol–water partition coefficient (Wildman–Crippen LogP) is 5.47. The zero-order valence-electron chi connectivity index (χ0n) is 17.4. The number of nitrogens with zero attached hydrogens (tertiary/aromatic N) is 2. The van der Waals surface area contributed by atoms with E-state index in [1.165, 1.54) is 18.3 Å². The summed E-state index contributed by atoms with van der Waals surface area (Å²) in [5.41, 5.74) is 1.07. The van der Waals surface area contributed by atoms with Gasteiger partial charge in [0.1, 0.15) is 11.6 Å². The molecule has 6 nitrogen and oxygen atoms in total. The number of anilines is 2. The number of rotatable bonds is 7. The molecule has 1 aliphatic rings. The molecule has 0 radical (unpaired) electrons. The van der Waals surface area contributed by atoms with Crippen LogP contribution in [0.3, 0.4) is 0 Å². The molecule has 3 rings (SSSR count). The molecule has 32 heavy (non-hydrogen) atoms. The molecule has 2 aromatic rings. The van der Waals surface area contributed by atoms with E-state index in [9.17, 15) is 22.8 Å². The second kappa shape index (κ2) is 10.2. The Labute approximate surface area is 188 Å². The molecule has 2 heterocycles. The Balaban J connectivity index is 1.65. The smallest absolute Gasteiger partial charge is 0.406 e. The number of amides is 1. The first-order valence-corrected chi connectivity index (χ1v) is 10.6. The number of Topliss-reactive ketones (excluding diaryl/α,β-unsaturated/α-hetero) is 1. The van der Waals surface area contributed by atoms with Crippen LogP contribution in [0.25, 0.3) is 0 Å². The third kappa shape index (κ3) is 6.59. The fourth-order valence-corrected chi connectivity index (χ4v) is 3.97. The Morgan fingerprint density at radius 2 is 2.06 bits per heavy atom. The summed E-state index contributed by atoms with van der Waals surface area (Å²) in [5, 5.41) is 2.79. The molecule has 1 aromatic carbocycles. The second-order valence-corrected chi connectivity index (χ2v) is 7.98. The van der Waals surface area contributed by atoms with Crippen LogP contribution in [0.1, 0.15) is 43.0 Å². The fraction of sp³-hybridized carbons (Fsp3) is 0.409. The van der Waals surface area contributed by atoms with Crippen LogP contribution in [-0.2, 0) is 4.79 Å². The molecule has 10 heteroatoms. The standard InChI is InChI=1S/C22H23ClF3N3O3/c1-2-21(31)28-20-11-15(7-8-27-20)19(30)10-14-4-3-9-29(13-14)18-6-5-16(12-17(18)23)32-22(24,25)26/h5-8,11-12,14H,2-4,9-10,13H2,1H3,(H,27,28,31)/t14-/m0/s1. The lowest BCUT2D eigenvalue weighted by Gasteiger charge is -2.34. The zero-order valence-corrected chi connectivity index (χ0v) is 18.2. The van der Waals surface area contributed by atoms with E-state index in [1.54, 1.807) is 19.1 Å². The van der Waals surface area contributed by atoms with Crippen molar-refractivity contribution in [3.63, 3.8) is 0 Å². The average Bonchev–Trinajstić information content (AvgIpc) is 2.73. The predicted molar refractivity (Wildman–Crippen MR) is 115 cm³/mol. The highest BCUT2D eigenvalue weighted by atomic mass is 35.5. The molecular weight excluding hydrogens is 447 g/mol. The maximum atomic E-state index is 12.8. The summed E-state index contributed by atoms with van der Waals surface area (Å²) in [6.07, 6.45) is -1.02.